The summed E-state index contributed by atoms with van der Waals surface area (Å²) in [6.07, 6.45) is 4.34. The lowest BCUT2D eigenvalue weighted by molar-refractivity contribution is 0.369. The first-order valence-corrected chi connectivity index (χ1v) is 8.21. The van der Waals surface area contributed by atoms with Crippen molar-refractivity contribution in [3.05, 3.63) is 47.5 Å². The molecule has 3 aromatic rings. The van der Waals surface area contributed by atoms with Gasteiger partial charge < -0.3 is 10.1 Å². The standard InChI is InChI=1S/C18H22N6O/c1-5-15-14(18(25-4)24(3)23-15)11-20-16-9-12(2)21-17(22-16)13-7-6-8-19-10-13/h6-10H,5,11H2,1-4H3,(H,20,21,22). The van der Waals surface area contributed by atoms with Gasteiger partial charge in [0.05, 0.1) is 18.4 Å². The van der Waals surface area contributed by atoms with E-state index in [1.165, 1.54) is 0 Å². The average Bonchev–Trinajstić information content (AvgIpc) is 2.95. The number of anilines is 1. The van der Waals surface area contributed by atoms with Crippen molar-refractivity contribution < 1.29 is 4.74 Å². The van der Waals surface area contributed by atoms with Crippen LogP contribution in [0.2, 0.25) is 0 Å². The van der Waals surface area contributed by atoms with Crippen LogP contribution >= 0.6 is 0 Å². The molecule has 0 amide bonds. The molecule has 3 aromatic heterocycles. The summed E-state index contributed by atoms with van der Waals surface area (Å²) in [5, 5.41) is 7.88. The molecule has 25 heavy (non-hydrogen) atoms. The minimum Gasteiger partial charge on any atom is -0.481 e. The zero-order chi connectivity index (χ0) is 17.8. The van der Waals surface area contributed by atoms with Crippen LogP contribution in [0, 0.1) is 6.92 Å². The fourth-order valence-electron chi connectivity index (χ4n) is 2.78. The van der Waals surface area contributed by atoms with Crippen LogP contribution in [0.3, 0.4) is 0 Å². The Labute approximate surface area is 147 Å². The summed E-state index contributed by atoms with van der Waals surface area (Å²) in [6.45, 7) is 4.62. The zero-order valence-corrected chi connectivity index (χ0v) is 14.9. The molecule has 130 valence electrons. The van der Waals surface area contributed by atoms with Crippen LogP contribution in [0.25, 0.3) is 11.4 Å². The number of rotatable bonds is 6. The Morgan fingerprint density at radius 2 is 2.12 bits per heavy atom. The number of ether oxygens (including phenoxy) is 1. The summed E-state index contributed by atoms with van der Waals surface area (Å²) in [6, 6.07) is 5.75. The monoisotopic (exact) mass is 338 g/mol. The molecule has 7 heteroatoms. The summed E-state index contributed by atoms with van der Waals surface area (Å²) < 4.78 is 7.25. The van der Waals surface area contributed by atoms with Crippen LogP contribution < -0.4 is 10.1 Å². The van der Waals surface area contributed by atoms with Gasteiger partial charge in [0.15, 0.2) is 5.82 Å². The van der Waals surface area contributed by atoms with Gasteiger partial charge in [0, 0.05) is 43.3 Å². The highest BCUT2D eigenvalue weighted by Gasteiger charge is 2.16. The van der Waals surface area contributed by atoms with E-state index in [9.17, 15) is 0 Å². The predicted molar refractivity (Wildman–Crippen MR) is 96.5 cm³/mol. The number of aryl methyl sites for hydroxylation is 3. The Bertz CT molecular complexity index is 860. The van der Waals surface area contributed by atoms with Crippen molar-refractivity contribution >= 4 is 5.82 Å². The molecule has 0 aliphatic rings. The van der Waals surface area contributed by atoms with E-state index < -0.39 is 0 Å². The second kappa shape index (κ2) is 7.29. The van der Waals surface area contributed by atoms with E-state index in [4.69, 9.17) is 4.74 Å². The Balaban J connectivity index is 1.86. The Morgan fingerprint density at radius 1 is 1.28 bits per heavy atom. The number of aromatic nitrogens is 5. The maximum atomic E-state index is 5.48. The topological polar surface area (TPSA) is 77.8 Å². The predicted octanol–water partition coefficient (Wildman–Crippen LogP) is 2.76. The van der Waals surface area contributed by atoms with Crippen LogP contribution in [0.15, 0.2) is 30.6 Å². The van der Waals surface area contributed by atoms with Crippen molar-refractivity contribution in [2.45, 2.75) is 26.8 Å². The molecule has 0 saturated heterocycles. The first-order chi connectivity index (χ1) is 12.1. The SMILES string of the molecule is CCc1nn(C)c(OC)c1CNc1cc(C)nc(-c2cccnc2)n1. The second-order valence-corrected chi connectivity index (χ2v) is 5.73. The summed E-state index contributed by atoms with van der Waals surface area (Å²) in [4.78, 5) is 13.2. The molecule has 0 atom stereocenters. The Kier molecular flexibility index (Phi) is 4.92. The lowest BCUT2D eigenvalue weighted by atomic mass is 10.2. The smallest absolute Gasteiger partial charge is 0.216 e. The van der Waals surface area contributed by atoms with E-state index >= 15 is 0 Å². The highest BCUT2D eigenvalue weighted by molar-refractivity contribution is 5.56. The molecule has 0 fully saturated rings. The highest BCUT2D eigenvalue weighted by Crippen LogP contribution is 2.24. The van der Waals surface area contributed by atoms with E-state index in [1.54, 1.807) is 24.2 Å². The van der Waals surface area contributed by atoms with Crippen molar-refractivity contribution in [3.63, 3.8) is 0 Å². The van der Waals surface area contributed by atoms with Crippen molar-refractivity contribution in [2.75, 3.05) is 12.4 Å². The van der Waals surface area contributed by atoms with Gasteiger partial charge in [-0.25, -0.2) is 14.6 Å². The van der Waals surface area contributed by atoms with Crippen molar-refractivity contribution in [1.82, 2.24) is 24.7 Å². The van der Waals surface area contributed by atoms with Crippen molar-refractivity contribution in [2.24, 2.45) is 7.05 Å². The third kappa shape index (κ3) is 3.60. The summed E-state index contributed by atoms with van der Waals surface area (Å²) in [7, 11) is 3.55. The minimum absolute atomic E-state index is 0.586. The molecule has 0 aliphatic heterocycles. The zero-order valence-electron chi connectivity index (χ0n) is 14.9. The van der Waals surface area contributed by atoms with Crippen LogP contribution in [0.5, 0.6) is 5.88 Å². The molecule has 3 heterocycles. The van der Waals surface area contributed by atoms with E-state index in [0.717, 1.165) is 40.6 Å². The molecule has 0 saturated carbocycles. The van der Waals surface area contributed by atoms with Gasteiger partial charge in [-0.3, -0.25) is 4.98 Å². The van der Waals surface area contributed by atoms with Crippen LogP contribution in [-0.2, 0) is 20.0 Å². The maximum Gasteiger partial charge on any atom is 0.216 e. The van der Waals surface area contributed by atoms with Gasteiger partial charge in [0.2, 0.25) is 5.88 Å². The van der Waals surface area contributed by atoms with Crippen LogP contribution in [0.1, 0.15) is 23.9 Å². The van der Waals surface area contributed by atoms with E-state index in [1.807, 2.05) is 32.2 Å². The number of nitrogens with one attached hydrogen (secondary N) is 1. The van der Waals surface area contributed by atoms with Crippen molar-refractivity contribution in [1.29, 1.82) is 0 Å². The first kappa shape index (κ1) is 16.9. The summed E-state index contributed by atoms with van der Waals surface area (Å²) >= 11 is 0. The Hall–Kier alpha value is -2.96. The molecule has 0 radical (unpaired) electrons. The fourth-order valence-corrected chi connectivity index (χ4v) is 2.78. The Morgan fingerprint density at radius 3 is 2.80 bits per heavy atom. The molecular weight excluding hydrogens is 316 g/mol. The number of pyridine rings is 1. The van der Waals surface area contributed by atoms with Gasteiger partial charge in [0.25, 0.3) is 0 Å². The summed E-state index contributed by atoms with van der Waals surface area (Å²) in [5.74, 6) is 2.19. The van der Waals surface area contributed by atoms with Gasteiger partial charge in [-0.05, 0) is 25.5 Å². The second-order valence-electron chi connectivity index (χ2n) is 5.73. The molecule has 0 bridgehead atoms. The van der Waals surface area contributed by atoms with E-state index in [-0.39, 0.29) is 0 Å². The molecule has 7 nitrogen and oxygen atoms in total. The number of hydrogen-bond acceptors (Lipinski definition) is 6. The molecule has 0 aliphatic carbocycles. The van der Waals surface area contributed by atoms with Crippen LogP contribution in [0.4, 0.5) is 5.82 Å². The highest BCUT2D eigenvalue weighted by atomic mass is 16.5. The van der Waals surface area contributed by atoms with Gasteiger partial charge >= 0.3 is 0 Å². The van der Waals surface area contributed by atoms with Gasteiger partial charge in [0.1, 0.15) is 5.82 Å². The average molecular weight is 338 g/mol. The largest absolute Gasteiger partial charge is 0.481 e. The third-order valence-corrected chi connectivity index (χ3v) is 3.92. The normalized spacial score (nSPS) is 10.7. The van der Waals surface area contributed by atoms with E-state index in [2.05, 4.69) is 32.3 Å². The quantitative estimate of drug-likeness (QED) is 0.745. The number of methoxy groups -OCH3 is 1. The molecular formula is C18H22N6O. The fraction of sp³-hybridized carbons (Fsp3) is 0.333. The molecule has 0 spiro atoms. The molecule has 3 rings (SSSR count). The molecule has 0 unspecified atom stereocenters. The molecule has 1 N–H and O–H groups in total. The van der Waals surface area contributed by atoms with Gasteiger partial charge in [-0.2, -0.15) is 5.10 Å². The molecule has 0 aromatic carbocycles. The number of hydrogen-bond donors (Lipinski definition) is 1. The number of nitrogens with zero attached hydrogens (tertiary/aromatic N) is 5. The first-order valence-electron chi connectivity index (χ1n) is 8.21. The van der Waals surface area contributed by atoms with Crippen molar-refractivity contribution in [3.8, 4) is 17.3 Å². The minimum atomic E-state index is 0.586. The van der Waals surface area contributed by atoms with Gasteiger partial charge in [-0.15, -0.1) is 0 Å². The lowest BCUT2D eigenvalue weighted by Crippen LogP contribution is -2.06. The lowest BCUT2D eigenvalue weighted by Gasteiger charge is -2.10. The van der Waals surface area contributed by atoms with Crippen LogP contribution in [-0.4, -0.2) is 31.8 Å². The maximum absolute atomic E-state index is 5.48. The van der Waals surface area contributed by atoms with E-state index in [0.29, 0.717) is 12.4 Å². The summed E-state index contributed by atoms with van der Waals surface area (Å²) in [5.41, 5.74) is 3.85. The van der Waals surface area contributed by atoms with Gasteiger partial charge in [-0.1, -0.05) is 6.92 Å². The third-order valence-electron chi connectivity index (χ3n) is 3.92.